The minimum Gasteiger partial charge on any atom is -0.490 e. The Kier molecular flexibility index (Phi) is 6.52. The summed E-state index contributed by atoms with van der Waals surface area (Å²) in [6, 6.07) is 9.39. The van der Waals surface area contributed by atoms with Crippen LogP contribution in [0.25, 0.3) is 0 Å². The summed E-state index contributed by atoms with van der Waals surface area (Å²) >= 11 is 0. The first-order valence-electron chi connectivity index (χ1n) is 9.54. The van der Waals surface area contributed by atoms with Gasteiger partial charge in [-0.25, -0.2) is 0 Å². The number of nitrogens with zero attached hydrogens (tertiary/aromatic N) is 2. The van der Waals surface area contributed by atoms with Crippen LogP contribution in [0.1, 0.15) is 38.7 Å². The van der Waals surface area contributed by atoms with Crippen LogP contribution in [0.4, 0.5) is 0 Å². The van der Waals surface area contributed by atoms with E-state index in [0.29, 0.717) is 12.1 Å². The first kappa shape index (κ1) is 17.7. The van der Waals surface area contributed by atoms with Crippen LogP contribution in [0.3, 0.4) is 0 Å². The molecule has 24 heavy (non-hydrogen) atoms. The summed E-state index contributed by atoms with van der Waals surface area (Å²) in [6.45, 7) is 11.7. The van der Waals surface area contributed by atoms with Crippen molar-refractivity contribution in [2.75, 3.05) is 39.4 Å². The molecule has 0 bridgehead atoms. The molecular formula is C20H32N2O2. The number of likely N-dealkylation sites (tertiary alicyclic amines) is 1. The molecule has 1 aromatic carbocycles. The molecule has 2 aliphatic heterocycles. The van der Waals surface area contributed by atoms with Gasteiger partial charge in [0.1, 0.15) is 11.9 Å². The zero-order chi connectivity index (χ0) is 16.8. The van der Waals surface area contributed by atoms with Gasteiger partial charge in [0, 0.05) is 38.8 Å². The van der Waals surface area contributed by atoms with E-state index in [0.717, 1.165) is 64.5 Å². The molecule has 1 aromatic rings. The van der Waals surface area contributed by atoms with Gasteiger partial charge >= 0.3 is 0 Å². The SMILES string of the molecule is CCC(C)N1CCC(Oc2ccc(CN3CCOCC3)cc2)CC1. The standard InChI is InChI=1S/C20H32N2O2/c1-3-17(2)22-10-8-20(9-11-22)24-19-6-4-18(5-7-19)16-21-12-14-23-15-13-21/h4-7,17,20H,3,8-16H2,1-2H3. The second-order valence-corrected chi connectivity index (χ2v) is 7.14. The average Bonchev–Trinajstić information content (AvgIpc) is 2.64. The van der Waals surface area contributed by atoms with Crippen LogP contribution >= 0.6 is 0 Å². The third kappa shape index (κ3) is 4.95. The van der Waals surface area contributed by atoms with Gasteiger partial charge in [0.05, 0.1) is 13.2 Å². The van der Waals surface area contributed by atoms with Crippen LogP contribution in [-0.4, -0.2) is 61.3 Å². The van der Waals surface area contributed by atoms with Crippen LogP contribution in [-0.2, 0) is 11.3 Å². The zero-order valence-electron chi connectivity index (χ0n) is 15.2. The summed E-state index contributed by atoms with van der Waals surface area (Å²) in [5.74, 6) is 1.02. The van der Waals surface area contributed by atoms with Gasteiger partial charge in [-0.05, 0) is 43.9 Å². The van der Waals surface area contributed by atoms with Crippen LogP contribution in [0.2, 0.25) is 0 Å². The maximum absolute atomic E-state index is 6.20. The van der Waals surface area contributed by atoms with Crippen molar-refractivity contribution in [2.24, 2.45) is 0 Å². The molecule has 2 fully saturated rings. The lowest BCUT2D eigenvalue weighted by atomic mass is 10.0. The predicted octanol–water partition coefficient (Wildman–Crippen LogP) is 3.16. The van der Waals surface area contributed by atoms with E-state index in [4.69, 9.17) is 9.47 Å². The lowest BCUT2D eigenvalue weighted by molar-refractivity contribution is 0.0341. The van der Waals surface area contributed by atoms with Gasteiger partial charge in [0.25, 0.3) is 0 Å². The molecule has 0 N–H and O–H groups in total. The third-order valence-corrected chi connectivity index (χ3v) is 5.43. The Morgan fingerprint density at radius 3 is 2.38 bits per heavy atom. The summed E-state index contributed by atoms with van der Waals surface area (Å²) in [6.07, 6.45) is 3.88. The molecule has 0 saturated carbocycles. The van der Waals surface area contributed by atoms with Crippen LogP contribution in [0, 0.1) is 0 Å². The monoisotopic (exact) mass is 332 g/mol. The fourth-order valence-corrected chi connectivity index (χ4v) is 3.58. The lowest BCUT2D eigenvalue weighted by Crippen LogP contribution is -2.42. The largest absolute Gasteiger partial charge is 0.490 e. The topological polar surface area (TPSA) is 24.9 Å². The summed E-state index contributed by atoms with van der Waals surface area (Å²) in [7, 11) is 0. The fourth-order valence-electron chi connectivity index (χ4n) is 3.58. The van der Waals surface area contributed by atoms with E-state index in [9.17, 15) is 0 Å². The highest BCUT2D eigenvalue weighted by atomic mass is 16.5. The Hall–Kier alpha value is -1.10. The van der Waals surface area contributed by atoms with E-state index >= 15 is 0 Å². The quantitative estimate of drug-likeness (QED) is 0.799. The fraction of sp³-hybridized carbons (Fsp3) is 0.700. The Morgan fingerprint density at radius 1 is 1.08 bits per heavy atom. The van der Waals surface area contributed by atoms with Crippen molar-refractivity contribution in [3.8, 4) is 5.75 Å². The number of hydrogen-bond donors (Lipinski definition) is 0. The normalized spacial score (nSPS) is 22.4. The molecule has 1 unspecified atom stereocenters. The molecule has 2 saturated heterocycles. The van der Waals surface area contributed by atoms with Crippen molar-refractivity contribution in [1.82, 2.24) is 9.80 Å². The predicted molar refractivity (Wildman–Crippen MR) is 97.5 cm³/mol. The number of benzene rings is 1. The van der Waals surface area contributed by atoms with Crippen molar-refractivity contribution in [2.45, 2.75) is 51.8 Å². The molecule has 4 heteroatoms. The Morgan fingerprint density at radius 2 is 1.75 bits per heavy atom. The maximum Gasteiger partial charge on any atom is 0.119 e. The molecular weight excluding hydrogens is 300 g/mol. The van der Waals surface area contributed by atoms with Gasteiger partial charge in [-0.2, -0.15) is 0 Å². The van der Waals surface area contributed by atoms with Crippen molar-refractivity contribution in [3.05, 3.63) is 29.8 Å². The van der Waals surface area contributed by atoms with Gasteiger partial charge in [-0.1, -0.05) is 19.1 Å². The third-order valence-electron chi connectivity index (χ3n) is 5.43. The molecule has 2 heterocycles. The minimum atomic E-state index is 0.371. The van der Waals surface area contributed by atoms with Gasteiger partial charge in [0.2, 0.25) is 0 Å². The van der Waals surface area contributed by atoms with Crippen molar-refractivity contribution in [1.29, 1.82) is 0 Å². The lowest BCUT2D eigenvalue weighted by Gasteiger charge is -2.35. The highest BCUT2D eigenvalue weighted by Crippen LogP contribution is 2.21. The first-order valence-corrected chi connectivity index (χ1v) is 9.54. The van der Waals surface area contributed by atoms with Crippen LogP contribution < -0.4 is 4.74 Å². The molecule has 0 spiro atoms. The van der Waals surface area contributed by atoms with E-state index in [1.54, 1.807) is 0 Å². The minimum absolute atomic E-state index is 0.371. The first-order chi connectivity index (χ1) is 11.7. The summed E-state index contributed by atoms with van der Waals surface area (Å²) in [4.78, 5) is 5.04. The highest BCUT2D eigenvalue weighted by molar-refractivity contribution is 5.27. The van der Waals surface area contributed by atoms with Crippen molar-refractivity contribution < 1.29 is 9.47 Å². The smallest absolute Gasteiger partial charge is 0.119 e. The molecule has 134 valence electrons. The number of piperidine rings is 1. The zero-order valence-corrected chi connectivity index (χ0v) is 15.2. The summed E-state index contributed by atoms with van der Waals surface area (Å²) in [5, 5.41) is 0. The molecule has 0 aliphatic carbocycles. The summed E-state index contributed by atoms with van der Waals surface area (Å²) < 4.78 is 11.6. The molecule has 3 rings (SSSR count). The second-order valence-electron chi connectivity index (χ2n) is 7.14. The van der Waals surface area contributed by atoms with E-state index in [1.807, 2.05) is 0 Å². The number of rotatable bonds is 6. The average molecular weight is 332 g/mol. The number of ether oxygens (including phenoxy) is 2. The maximum atomic E-state index is 6.20. The molecule has 0 radical (unpaired) electrons. The van der Waals surface area contributed by atoms with Gasteiger partial charge < -0.3 is 14.4 Å². The highest BCUT2D eigenvalue weighted by Gasteiger charge is 2.23. The molecule has 0 amide bonds. The van der Waals surface area contributed by atoms with E-state index in [2.05, 4.69) is 47.9 Å². The van der Waals surface area contributed by atoms with Crippen molar-refractivity contribution in [3.63, 3.8) is 0 Å². The van der Waals surface area contributed by atoms with E-state index < -0.39 is 0 Å². The van der Waals surface area contributed by atoms with Crippen LogP contribution in [0.15, 0.2) is 24.3 Å². The Bertz CT molecular complexity index is 477. The molecule has 4 nitrogen and oxygen atoms in total. The second kappa shape index (κ2) is 8.84. The van der Waals surface area contributed by atoms with Gasteiger partial charge in [0.15, 0.2) is 0 Å². The molecule has 0 aromatic heterocycles. The molecule has 2 aliphatic rings. The summed E-state index contributed by atoms with van der Waals surface area (Å²) in [5.41, 5.74) is 1.36. The van der Waals surface area contributed by atoms with E-state index in [1.165, 1.54) is 12.0 Å². The van der Waals surface area contributed by atoms with Gasteiger partial charge in [-0.15, -0.1) is 0 Å². The number of morpholine rings is 1. The van der Waals surface area contributed by atoms with E-state index in [-0.39, 0.29) is 0 Å². The number of hydrogen-bond acceptors (Lipinski definition) is 4. The Labute approximate surface area is 146 Å². The van der Waals surface area contributed by atoms with Gasteiger partial charge in [-0.3, -0.25) is 4.90 Å². The molecule has 1 atom stereocenters. The van der Waals surface area contributed by atoms with Crippen LogP contribution in [0.5, 0.6) is 5.75 Å². The Balaban J connectivity index is 1.44. The van der Waals surface area contributed by atoms with Crippen molar-refractivity contribution >= 4 is 0 Å².